The van der Waals surface area contributed by atoms with Crippen LogP contribution in [0, 0.1) is 0 Å². The number of rotatable bonds is 1. The Balaban J connectivity index is 2.04. The van der Waals surface area contributed by atoms with Gasteiger partial charge in [0.15, 0.2) is 0 Å². The zero-order valence-electron chi connectivity index (χ0n) is 9.68. The Morgan fingerprint density at radius 3 is 3.00 bits per heavy atom. The maximum absolute atomic E-state index is 12.3. The lowest BCUT2D eigenvalue weighted by atomic mass is 9.97. The van der Waals surface area contributed by atoms with E-state index in [1.54, 1.807) is 0 Å². The minimum Gasteiger partial charge on any atom is -0.337 e. The lowest BCUT2D eigenvalue weighted by Gasteiger charge is -2.33. The molecule has 2 rings (SSSR count). The fourth-order valence-electron chi connectivity index (χ4n) is 2.51. The first kappa shape index (κ1) is 10.7. The van der Waals surface area contributed by atoms with E-state index in [0.717, 1.165) is 38.9 Å². The van der Waals surface area contributed by atoms with Crippen molar-refractivity contribution >= 4 is 5.91 Å². The molecule has 2 heterocycles. The maximum Gasteiger partial charge on any atom is 0.242 e. The molecular weight excluding hydrogens is 188 g/mol. The minimum absolute atomic E-state index is 0.285. The number of carbonyl (C=O) groups excluding carboxylic acids is 1. The van der Waals surface area contributed by atoms with E-state index in [4.69, 9.17) is 0 Å². The quantitative estimate of drug-likeness (QED) is 0.659. The van der Waals surface area contributed by atoms with Crippen LogP contribution in [0.3, 0.4) is 0 Å². The number of hydrogen-bond acceptors (Lipinski definition) is 2. The fourth-order valence-corrected chi connectivity index (χ4v) is 2.51. The van der Waals surface area contributed by atoms with Crippen LogP contribution in [0.2, 0.25) is 0 Å². The second-order valence-corrected chi connectivity index (χ2v) is 4.93. The monoisotopic (exact) mass is 208 g/mol. The van der Waals surface area contributed by atoms with Crippen molar-refractivity contribution in [2.75, 3.05) is 19.6 Å². The van der Waals surface area contributed by atoms with Gasteiger partial charge in [-0.05, 0) is 39.7 Å². The van der Waals surface area contributed by atoms with Gasteiger partial charge in [0.1, 0.15) is 0 Å². The van der Waals surface area contributed by atoms with Gasteiger partial charge in [0.05, 0.1) is 5.54 Å². The molecular formula is C12H20N2O. The van der Waals surface area contributed by atoms with Crippen LogP contribution in [-0.4, -0.2) is 36.0 Å². The predicted molar refractivity (Wildman–Crippen MR) is 60.6 cm³/mol. The van der Waals surface area contributed by atoms with E-state index in [1.165, 1.54) is 5.57 Å². The molecule has 0 radical (unpaired) electrons. The van der Waals surface area contributed by atoms with Crippen LogP contribution in [0.25, 0.3) is 0 Å². The second kappa shape index (κ2) is 3.97. The van der Waals surface area contributed by atoms with Gasteiger partial charge in [-0.1, -0.05) is 11.6 Å². The first-order valence-corrected chi connectivity index (χ1v) is 5.82. The average Bonchev–Trinajstić information content (AvgIpc) is 2.65. The van der Waals surface area contributed by atoms with Gasteiger partial charge in [-0.3, -0.25) is 4.79 Å². The highest BCUT2D eigenvalue weighted by molar-refractivity contribution is 5.86. The van der Waals surface area contributed by atoms with Crippen molar-refractivity contribution in [1.29, 1.82) is 0 Å². The zero-order chi connectivity index (χ0) is 10.9. The Morgan fingerprint density at radius 2 is 2.40 bits per heavy atom. The molecule has 1 saturated heterocycles. The largest absolute Gasteiger partial charge is 0.337 e. The molecule has 1 amide bonds. The number of hydrogen-bond donors (Lipinski definition) is 1. The molecule has 0 aromatic rings. The highest BCUT2D eigenvalue weighted by Gasteiger charge is 2.38. The minimum atomic E-state index is -0.294. The first-order chi connectivity index (χ1) is 7.12. The lowest BCUT2D eigenvalue weighted by molar-refractivity contribution is -0.136. The zero-order valence-corrected chi connectivity index (χ0v) is 9.68. The summed E-state index contributed by atoms with van der Waals surface area (Å²) < 4.78 is 0. The number of nitrogens with one attached hydrogen (secondary N) is 1. The van der Waals surface area contributed by atoms with Gasteiger partial charge in [-0.2, -0.15) is 0 Å². The lowest BCUT2D eigenvalue weighted by Crippen LogP contribution is -2.53. The van der Waals surface area contributed by atoms with Crippen LogP contribution in [0.5, 0.6) is 0 Å². The Bertz CT molecular complexity index is 290. The molecule has 1 unspecified atom stereocenters. The van der Waals surface area contributed by atoms with Gasteiger partial charge in [-0.15, -0.1) is 0 Å². The van der Waals surface area contributed by atoms with Crippen LogP contribution in [0.1, 0.15) is 33.1 Å². The smallest absolute Gasteiger partial charge is 0.242 e. The highest BCUT2D eigenvalue weighted by atomic mass is 16.2. The average molecular weight is 208 g/mol. The molecule has 0 aromatic carbocycles. The summed E-state index contributed by atoms with van der Waals surface area (Å²) in [6.07, 6.45) is 5.33. The van der Waals surface area contributed by atoms with Gasteiger partial charge in [0, 0.05) is 13.1 Å². The summed E-state index contributed by atoms with van der Waals surface area (Å²) >= 11 is 0. The van der Waals surface area contributed by atoms with Crippen molar-refractivity contribution in [3.63, 3.8) is 0 Å². The molecule has 1 fully saturated rings. The Morgan fingerprint density at radius 1 is 1.60 bits per heavy atom. The van der Waals surface area contributed by atoms with Gasteiger partial charge >= 0.3 is 0 Å². The Labute approximate surface area is 91.5 Å². The highest BCUT2D eigenvalue weighted by Crippen LogP contribution is 2.23. The van der Waals surface area contributed by atoms with Crippen molar-refractivity contribution in [3.8, 4) is 0 Å². The Kier molecular flexibility index (Phi) is 2.83. The topological polar surface area (TPSA) is 32.3 Å². The van der Waals surface area contributed by atoms with E-state index in [9.17, 15) is 4.79 Å². The van der Waals surface area contributed by atoms with Crippen LogP contribution in [0.4, 0.5) is 0 Å². The first-order valence-electron chi connectivity index (χ1n) is 5.82. The van der Waals surface area contributed by atoms with Crippen molar-refractivity contribution in [2.24, 2.45) is 0 Å². The number of amides is 1. The predicted octanol–water partition coefficient (Wildman–Crippen LogP) is 1.31. The van der Waals surface area contributed by atoms with Gasteiger partial charge < -0.3 is 10.2 Å². The van der Waals surface area contributed by atoms with E-state index in [1.807, 2.05) is 11.8 Å². The molecule has 2 aliphatic heterocycles. The third-order valence-corrected chi connectivity index (χ3v) is 3.46. The molecule has 1 atom stereocenters. The number of nitrogens with zero attached hydrogens (tertiary/aromatic N) is 1. The SMILES string of the molecule is CC1=CCCN(C(=O)C2(C)CCCN2)C1. The van der Waals surface area contributed by atoms with E-state index < -0.39 is 0 Å². The van der Waals surface area contributed by atoms with Crippen molar-refractivity contribution in [2.45, 2.75) is 38.6 Å². The summed E-state index contributed by atoms with van der Waals surface area (Å²) in [6, 6.07) is 0. The standard InChI is InChI=1S/C12H20N2O/c1-10-5-3-8-14(9-10)11(15)12(2)6-4-7-13-12/h5,13H,3-4,6-9H2,1-2H3. The van der Waals surface area contributed by atoms with Crippen molar-refractivity contribution < 1.29 is 4.79 Å². The number of carbonyl (C=O) groups is 1. The van der Waals surface area contributed by atoms with Gasteiger partial charge in [-0.25, -0.2) is 0 Å². The van der Waals surface area contributed by atoms with Crippen molar-refractivity contribution in [3.05, 3.63) is 11.6 Å². The van der Waals surface area contributed by atoms with Gasteiger partial charge in [0.2, 0.25) is 5.91 Å². The second-order valence-electron chi connectivity index (χ2n) is 4.93. The molecule has 15 heavy (non-hydrogen) atoms. The Hall–Kier alpha value is -0.830. The van der Waals surface area contributed by atoms with Crippen molar-refractivity contribution in [1.82, 2.24) is 10.2 Å². The van der Waals surface area contributed by atoms with Crippen LogP contribution < -0.4 is 5.32 Å². The molecule has 3 heteroatoms. The normalized spacial score (nSPS) is 31.6. The molecule has 0 bridgehead atoms. The molecule has 0 saturated carbocycles. The van der Waals surface area contributed by atoms with E-state index in [0.29, 0.717) is 0 Å². The summed E-state index contributed by atoms with van der Waals surface area (Å²) in [5, 5.41) is 3.33. The molecule has 1 N–H and O–H groups in total. The van der Waals surface area contributed by atoms with Gasteiger partial charge in [0.25, 0.3) is 0 Å². The van der Waals surface area contributed by atoms with E-state index in [2.05, 4.69) is 18.3 Å². The molecule has 84 valence electrons. The van der Waals surface area contributed by atoms with Crippen LogP contribution >= 0.6 is 0 Å². The summed E-state index contributed by atoms with van der Waals surface area (Å²) in [7, 11) is 0. The molecule has 0 aromatic heterocycles. The summed E-state index contributed by atoms with van der Waals surface area (Å²) in [5.41, 5.74) is 1.02. The fraction of sp³-hybridized carbons (Fsp3) is 0.750. The third-order valence-electron chi connectivity index (χ3n) is 3.46. The molecule has 0 spiro atoms. The maximum atomic E-state index is 12.3. The van der Waals surface area contributed by atoms with Crippen LogP contribution in [-0.2, 0) is 4.79 Å². The van der Waals surface area contributed by atoms with E-state index >= 15 is 0 Å². The summed E-state index contributed by atoms with van der Waals surface area (Å²) in [5.74, 6) is 0.285. The van der Waals surface area contributed by atoms with Crippen LogP contribution in [0.15, 0.2) is 11.6 Å². The van der Waals surface area contributed by atoms with E-state index in [-0.39, 0.29) is 11.4 Å². The molecule has 0 aliphatic carbocycles. The molecule has 3 nitrogen and oxygen atoms in total. The summed E-state index contributed by atoms with van der Waals surface area (Å²) in [6.45, 7) is 6.81. The summed E-state index contributed by atoms with van der Waals surface area (Å²) in [4.78, 5) is 14.3. The molecule has 2 aliphatic rings. The third kappa shape index (κ3) is 2.07.